The molecule has 0 aromatic heterocycles. The molecule has 2 aromatic rings. The highest BCUT2D eigenvalue weighted by atomic mass is 19.1. The van der Waals surface area contributed by atoms with Gasteiger partial charge in [0.1, 0.15) is 11.6 Å². The minimum Gasteiger partial charge on any atom is -0.508 e. The fourth-order valence-corrected chi connectivity index (χ4v) is 3.24. The van der Waals surface area contributed by atoms with Crippen molar-refractivity contribution in [2.45, 2.75) is 12.3 Å². The zero-order valence-electron chi connectivity index (χ0n) is 13.4. The molecule has 1 aliphatic heterocycles. The van der Waals surface area contributed by atoms with Gasteiger partial charge < -0.3 is 15.1 Å². The number of carbonyl (C=O) groups excluding carboxylic acids is 1. The first kappa shape index (κ1) is 17.0. The smallest absolute Gasteiger partial charge is 0.308 e. The zero-order chi connectivity index (χ0) is 18.0. The first-order valence-electron chi connectivity index (χ1n) is 7.98. The van der Waals surface area contributed by atoms with Gasteiger partial charge in [-0.25, -0.2) is 4.39 Å². The second-order valence-corrected chi connectivity index (χ2v) is 6.21. The molecular formula is C19H18FNO4. The Morgan fingerprint density at radius 3 is 2.40 bits per heavy atom. The van der Waals surface area contributed by atoms with Gasteiger partial charge in [0.2, 0.25) is 5.91 Å². The van der Waals surface area contributed by atoms with Crippen molar-refractivity contribution >= 4 is 11.9 Å². The number of carbonyl (C=O) groups is 2. The van der Waals surface area contributed by atoms with Crippen molar-refractivity contribution in [3.63, 3.8) is 0 Å². The summed E-state index contributed by atoms with van der Waals surface area (Å²) in [6.45, 7) is 0.360. The average Bonchev–Trinajstić information content (AvgIpc) is 3.03. The zero-order valence-corrected chi connectivity index (χ0v) is 13.4. The van der Waals surface area contributed by atoms with Crippen LogP contribution >= 0.6 is 0 Å². The molecule has 1 aliphatic rings. The second kappa shape index (κ2) is 6.93. The fraction of sp³-hybridized carbons (Fsp3) is 0.263. The number of hydrogen-bond acceptors (Lipinski definition) is 3. The number of halogens is 1. The van der Waals surface area contributed by atoms with Crippen LogP contribution in [0.15, 0.2) is 48.5 Å². The van der Waals surface area contributed by atoms with E-state index >= 15 is 0 Å². The molecule has 0 unspecified atom stereocenters. The number of phenolic OH excluding ortho intramolecular Hbond substituents is 1. The highest BCUT2D eigenvalue weighted by Gasteiger charge is 2.40. The molecule has 0 aliphatic carbocycles. The molecule has 6 heteroatoms. The first-order valence-corrected chi connectivity index (χ1v) is 7.98. The highest BCUT2D eigenvalue weighted by molar-refractivity contribution is 5.82. The summed E-state index contributed by atoms with van der Waals surface area (Å²) in [5.74, 6) is -2.68. The van der Waals surface area contributed by atoms with Crippen molar-refractivity contribution in [1.29, 1.82) is 0 Å². The van der Waals surface area contributed by atoms with Crippen LogP contribution in [0.3, 0.4) is 0 Å². The molecule has 2 N–H and O–H groups in total. The number of para-hydroxylation sites is 1. The largest absolute Gasteiger partial charge is 0.508 e. The van der Waals surface area contributed by atoms with Crippen molar-refractivity contribution in [1.82, 2.24) is 4.90 Å². The maximum Gasteiger partial charge on any atom is 0.308 e. The molecule has 2 aromatic carbocycles. The normalized spacial score (nSPS) is 19.8. The van der Waals surface area contributed by atoms with Crippen LogP contribution in [-0.4, -0.2) is 40.1 Å². The maximum absolute atomic E-state index is 13.1. The number of amides is 1. The Balaban J connectivity index is 1.77. The lowest BCUT2D eigenvalue weighted by atomic mass is 9.89. The molecule has 130 valence electrons. The Kier molecular flexibility index (Phi) is 4.70. The van der Waals surface area contributed by atoms with E-state index in [2.05, 4.69) is 0 Å². The van der Waals surface area contributed by atoms with Gasteiger partial charge in [0.15, 0.2) is 0 Å². The Bertz CT molecular complexity index is 790. The van der Waals surface area contributed by atoms with Crippen molar-refractivity contribution in [2.24, 2.45) is 5.92 Å². The van der Waals surface area contributed by atoms with Gasteiger partial charge in [-0.3, -0.25) is 9.59 Å². The van der Waals surface area contributed by atoms with E-state index in [1.165, 1.54) is 23.1 Å². The van der Waals surface area contributed by atoms with E-state index < -0.39 is 11.9 Å². The van der Waals surface area contributed by atoms with Gasteiger partial charge in [0.25, 0.3) is 0 Å². The molecule has 1 heterocycles. The summed E-state index contributed by atoms with van der Waals surface area (Å²) in [5, 5.41) is 19.3. The third kappa shape index (κ3) is 3.63. The molecule has 3 rings (SSSR count). The standard InChI is InChI=1S/C19H18FNO4/c20-14-7-5-12(6-8-14)15-10-21(11-16(15)19(24)25)18(23)9-13-3-1-2-4-17(13)22/h1-8,15-16,22H,9-11H2,(H,24,25)/t15-,16+/m0/s1. The third-order valence-electron chi connectivity index (χ3n) is 4.62. The molecule has 5 nitrogen and oxygen atoms in total. The monoisotopic (exact) mass is 343 g/mol. The lowest BCUT2D eigenvalue weighted by molar-refractivity contribution is -0.141. The molecule has 1 fully saturated rings. The van der Waals surface area contributed by atoms with Crippen LogP contribution < -0.4 is 0 Å². The summed E-state index contributed by atoms with van der Waals surface area (Å²) in [4.78, 5) is 25.6. The number of hydrogen-bond donors (Lipinski definition) is 2. The molecule has 0 radical (unpaired) electrons. The molecule has 1 amide bonds. The van der Waals surface area contributed by atoms with Crippen molar-refractivity contribution < 1.29 is 24.2 Å². The van der Waals surface area contributed by atoms with E-state index in [4.69, 9.17) is 0 Å². The lowest BCUT2D eigenvalue weighted by Gasteiger charge is -2.17. The highest BCUT2D eigenvalue weighted by Crippen LogP contribution is 2.33. The summed E-state index contributed by atoms with van der Waals surface area (Å²) >= 11 is 0. The summed E-state index contributed by atoms with van der Waals surface area (Å²) in [5.41, 5.74) is 1.20. The summed E-state index contributed by atoms with van der Waals surface area (Å²) in [6, 6.07) is 12.3. The van der Waals surface area contributed by atoms with Gasteiger partial charge in [-0.15, -0.1) is 0 Å². The second-order valence-electron chi connectivity index (χ2n) is 6.21. The number of aromatic hydroxyl groups is 1. The number of phenols is 1. The number of nitrogens with zero attached hydrogens (tertiary/aromatic N) is 1. The summed E-state index contributed by atoms with van der Waals surface area (Å²) < 4.78 is 13.1. The van der Waals surface area contributed by atoms with Gasteiger partial charge >= 0.3 is 5.97 Å². The number of aliphatic carboxylic acids is 1. The number of benzene rings is 2. The van der Waals surface area contributed by atoms with Gasteiger partial charge in [0, 0.05) is 24.6 Å². The maximum atomic E-state index is 13.1. The number of likely N-dealkylation sites (tertiary alicyclic amines) is 1. The van der Waals surface area contributed by atoms with Crippen LogP contribution in [0.1, 0.15) is 17.0 Å². The number of carboxylic acids is 1. The fourth-order valence-electron chi connectivity index (χ4n) is 3.24. The number of rotatable bonds is 4. The van der Waals surface area contributed by atoms with E-state index in [9.17, 15) is 24.2 Å². The summed E-state index contributed by atoms with van der Waals surface area (Å²) in [6.07, 6.45) is 0.00908. The van der Waals surface area contributed by atoms with E-state index in [1.807, 2.05) is 0 Å². The van der Waals surface area contributed by atoms with E-state index in [0.717, 1.165) is 0 Å². The molecule has 0 spiro atoms. The van der Waals surface area contributed by atoms with Gasteiger partial charge in [0.05, 0.1) is 12.3 Å². The van der Waals surface area contributed by atoms with Crippen LogP contribution in [0, 0.1) is 11.7 Å². The van der Waals surface area contributed by atoms with Gasteiger partial charge in [-0.1, -0.05) is 30.3 Å². The average molecular weight is 343 g/mol. The van der Waals surface area contributed by atoms with Crippen LogP contribution in [0.25, 0.3) is 0 Å². The van der Waals surface area contributed by atoms with E-state index in [0.29, 0.717) is 11.1 Å². The predicted molar refractivity (Wildman–Crippen MR) is 88.7 cm³/mol. The molecule has 1 saturated heterocycles. The Labute approximate surface area is 144 Å². The predicted octanol–water partition coefficient (Wildman–Crippen LogP) is 2.40. The van der Waals surface area contributed by atoms with Crippen LogP contribution in [0.2, 0.25) is 0 Å². The van der Waals surface area contributed by atoms with Crippen molar-refractivity contribution in [2.75, 3.05) is 13.1 Å². The van der Waals surface area contributed by atoms with E-state index in [-0.39, 0.29) is 42.9 Å². The SMILES string of the molecule is O=C(O)[C@@H]1CN(C(=O)Cc2ccccc2O)C[C@H]1c1ccc(F)cc1. The minimum absolute atomic E-state index is 0.00908. The van der Waals surface area contributed by atoms with Crippen LogP contribution in [-0.2, 0) is 16.0 Å². The Morgan fingerprint density at radius 2 is 1.76 bits per heavy atom. The van der Waals surface area contributed by atoms with Crippen LogP contribution in [0.4, 0.5) is 4.39 Å². The first-order chi connectivity index (χ1) is 12.0. The van der Waals surface area contributed by atoms with Crippen LogP contribution in [0.5, 0.6) is 5.75 Å². The Hall–Kier alpha value is -2.89. The Morgan fingerprint density at radius 1 is 1.08 bits per heavy atom. The summed E-state index contributed by atoms with van der Waals surface area (Å²) in [7, 11) is 0. The molecule has 25 heavy (non-hydrogen) atoms. The van der Waals surface area contributed by atoms with E-state index in [1.54, 1.807) is 30.3 Å². The molecular weight excluding hydrogens is 325 g/mol. The lowest BCUT2D eigenvalue weighted by Crippen LogP contribution is -2.31. The van der Waals surface area contributed by atoms with Crippen molar-refractivity contribution in [3.8, 4) is 5.75 Å². The van der Waals surface area contributed by atoms with Crippen molar-refractivity contribution in [3.05, 3.63) is 65.5 Å². The number of carboxylic acid groups (broad SMARTS) is 1. The van der Waals surface area contributed by atoms with Gasteiger partial charge in [-0.2, -0.15) is 0 Å². The minimum atomic E-state index is -0.979. The topological polar surface area (TPSA) is 77.8 Å². The molecule has 2 atom stereocenters. The third-order valence-corrected chi connectivity index (χ3v) is 4.62. The molecule has 0 bridgehead atoms. The van der Waals surface area contributed by atoms with Gasteiger partial charge in [-0.05, 0) is 23.8 Å². The molecule has 0 saturated carbocycles. The quantitative estimate of drug-likeness (QED) is 0.894.